The Morgan fingerprint density at radius 2 is 1.78 bits per heavy atom. The zero-order valence-electron chi connectivity index (χ0n) is 13.7. The first-order valence-corrected chi connectivity index (χ1v) is 8.75. The highest BCUT2D eigenvalue weighted by Gasteiger charge is 2.22. The highest BCUT2D eigenvalue weighted by Crippen LogP contribution is 2.17. The summed E-state index contributed by atoms with van der Waals surface area (Å²) >= 11 is 0. The summed E-state index contributed by atoms with van der Waals surface area (Å²) in [6, 6.07) is 10.4. The van der Waals surface area contributed by atoms with Crippen molar-refractivity contribution in [1.82, 2.24) is 10.2 Å². The summed E-state index contributed by atoms with van der Waals surface area (Å²) in [6.07, 6.45) is 3.25. The molecular weight excluding hydrogens is 290 g/mol. The smallest absolute Gasteiger partial charge is 0.409 e. The van der Waals surface area contributed by atoms with E-state index < -0.39 is 0 Å². The van der Waals surface area contributed by atoms with Gasteiger partial charge in [-0.05, 0) is 50.4 Å². The highest BCUT2D eigenvalue weighted by atomic mass is 16.6. The van der Waals surface area contributed by atoms with E-state index in [0.29, 0.717) is 12.5 Å². The Balaban J connectivity index is 1.36. The van der Waals surface area contributed by atoms with Crippen molar-refractivity contribution < 1.29 is 9.53 Å². The van der Waals surface area contributed by atoms with Crippen LogP contribution in [0.4, 0.5) is 10.5 Å². The number of benzene rings is 1. The maximum absolute atomic E-state index is 12.2. The van der Waals surface area contributed by atoms with Gasteiger partial charge in [-0.3, -0.25) is 0 Å². The van der Waals surface area contributed by atoms with Crippen LogP contribution in [0.5, 0.6) is 0 Å². The minimum Gasteiger partial charge on any atom is -0.449 e. The Morgan fingerprint density at radius 3 is 2.48 bits per heavy atom. The van der Waals surface area contributed by atoms with E-state index in [-0.39, 0.29) is 6.09 Å². The molecule has 0 radical (unpaired) electrons. The van der Waals surface area contributed by atoms with Crippen LogP contribution in [0.15, 0.2) is 30.3 Å². The first kappa shape index (κ1) is 16.1. The molecule has 1 amide bonds. The molecule has 0 saturated carbocycles. The lowest BCUT2D eigenvalue weighted by Crippen LogP contribution is -2.49. The summed E-state index contributed by atoms with van der Waals surface area (Å²) in [4.78, 5) is 16.3. The van der Waals surface area contributed by atoms with Gasteiger partial charge in [-0.15, -0.1) is 0 Å². The van der Waals surface area contributed by atoms with E-state index in [9.17, 15) is 4.79 Å². The van der Waals surface area contributed by atoms with Crippen LogP contribution in [0.25, 0.3) is 0 Å². The molecule has 1 aromatic carbocycles. The minimum atomic E-state index is -0.147. The van der Waals surface area contributed by atoms with Gasteiger partial charge in [0.15, 0.2) is 0 Å². The summed E-state index contributed by atoms with van der Waals surface area (Å²) < 4.78 is 5.47. The van der Waals surface area contributed by atoms with Gasteiger partial charge in [0.2, 0.25) is 0 Å². The molecule has 0 atom stereocenters. The Kier molecular flexibility index (Phi) is 5.75. The second-order valence-electron chi connectivity index (χ2n) is 6.41. The minimum absolute atomic E-state index is 0.147. The summed E-state index contributed by atoms with van der Waals surface area (Å²) in [6.45, 7) is 5.96. The molecule has 5 nitrogen and oxygen atoms in total. The number of hydrogen-bond donors (Lipinski definition) is 1. The third-order valence-electron chi connectivity index (χ3n) is 4.87. The molecule has 2 heterocycles. The van der Waals surface area contributed by atoms with Crippen molar-refractivity contribution in [2.24, 2.45) is 5.92 Å². The number of hydrogen-bond acceptors (Lipinski definition) is 4. The lowest BCUT2D eigenvalue weighted by molar-refractivity contribution is 0.0929. The molecule has 1 N–H and O–H groups in total. The van der Waals surface area contributed by atoms with E-state index in [1.165, 1.54) is 18.5 Å². The average molecular weight is 317 g/mol. The highest BCUT2D eigenvalue weighted by molar-refractivity contribution is 5.68. The molecule has 1 aromatic rings. The van der Waals surface area contributed by atoms with E-state index in [2.05, 4.69) is 34.5 Å². The molecule has 0 bridgehead atoms. The quantitative estimate of drug-likeness (QED) is 0.926. The summed E-state index contributed by atoms with van der Waals surface area (Å²) in [5, 5.41) is 3.36. The van der Waals surface area contributed by atoms with Gasteiger partial charge in [0, 0.05) is 31.9 Å². The number of ether oxygens (including phenoxy) is 1. The summed E-state index contributed by atoms with van der Waals surface area (Å²) in [5.41, 5.74) is 1.23. The fraction of sp³-hybridized carbons (Fsp3) is 0.611. The summed E-state index contributed by atoms with van der Waals surface area (Å²) in [5.74, 6) is 0.707. The van der Waals surface area contributed by atoms with Crippen LogP contribution >= 0.6 is 0 Å². The Morgan fingerprint density at radius 1 is 1.09 bits per heavy atom. The van der Waals surface area contributed by atoms with Crippen LogP contribution in [-0.2, 0) is 4.74 Å². The number of nitrogens with one attached hydrogen (secondary N) is 1. The number of anilines is 1. The van der Waals surface area contributed by atoms with Gasteiger partial charge in [0.25, 0.3) is 0 Å². The molecule has 126 valence electrons. The molecule has 5 heteroatoms. The molecule has 2 aliphatic rings. The SMILES string of the molecule is O=C(OCCC1CCNCC1)N1CCN(c2ccccc2)CC1. The number of amides is 1. The predicted molar refractivity (Wildman–Crippen MR) is 91.8 cm³/mol. The van der Waals surface area contributed by atoms with Gasteiger partial charge in [0.05, 0.1) is 6.61 Å². The van der Waals surface area contributed by atoms with Crippen LogP contribution < -0.4 is 10.2 Å². The Bertz CT molecular complexity index is 480. The van der Waals surface area contributed by atoms with Gasteiger partial charge < -0.3 is 19.9 Å². The molecule has 2 fully saturated rings. The average Bonchev–Trinajstić information content (AvgIpc) is 2.63. The van der Waals surface area contributed by atoms with Crippen LogP contribution in [0.3, 0.4) is 0 Å². The normalized spacial score (nSPS) is 19.7. The van der Waals surface area contributed by atoms with Crippen molar-refractivity contribution >= 4 is 11.8 Å². The van der Waals surface area contributed by atoms with Crippen molar-refractivity contribution in [3.8, 4) is 0 Å². The molecule has 23 heavy (non-hydrogen) atoms. The second kappa shape index (κ2) is 8.20. The monoisotopic (exact) mass is 317 g/mol. The summed E-state index contributed by atoms with van der Waals surface area (Å²) in [7, 11) is 0. The Labute approximate surface area is 138 Å². The van der Waals surface area contributed by atoms with Gasteiger partial charge in [-0.25, -0.2) is 4.79 Å². The number of nitrogens with zero attached hydrogens (tertiary/aromatic N) is 2. The molecule has 2 saturated heterocycles. The topological polar surface area (TPSA) is 44.8 Å². The predicted octanol–water partition coefficient (Wildman–Crippen LogP) is 2.33. The zero-order chi connectivity index (χ0) is 15.9. The first-order chi connectivity index (χ1) is 11.3. The third-order valence-corrected chi connectivity index (χ3v) is 4.87. The third kappa shape index (κ3) is 4.61. The van der Waals surface area contributed by atoms with Gasteiger partial charge in [0.1, 0.15) is 0 Å². The maximum Gasteiger partial charge on any atom is 0.409 e. The lowest BCUT2D eigenvalue weighted by atomic mass is 9.95. The van der Waals surface area contributed by atoms with Crippen molar-refractivity contribution in [1.29, 1.82) is 0 Å². The molecular formula is C18H27N3O2. The number of carbonyl (C=O) groups excluding carboxylic acids is 1. The van der Waals surface area contributed by atoms with Crippen LogP contribution in [0.1, 0.15) is 19.3 Å². The Hall–Kier alpha value is -1.75. The molecule has 0 aromatic heterocycles. The molecule has 0 unspecified atom stereocenters. The van der Waals surface area contributed by atoms with E-state index in [0.717, 1.165) is 45.7 Å². The van der Waals surface area contributed by atoms with Crippen LogP contribution in [-0.4, -0.2) is 56.9 Å². The standard InChI is InChI=1S/C18H27N3O2/c22-18(23-15-8-16-6-9-19-10-7-16)21-13-11-20(12-14-21)17-4-2-1-3-5-17/h1-5,16,19H,6-15H2. The van der Waals surface area contributed by atoms with Crippen LogP contribution in [0, 0.1) is 5.92 Å². The van der Waals surface area contributed by atoms with Crippen molar-refractivity contribution in [3.63, 3.8) is 0 Å². The van der Waals surface area contributed by atoms with E-state index in [1.807, 2.05) is 11.0 Å². The number of rotatable bonds is 4. The molecule has 0 aliphatic carbocycles. The number of piperazine rings is 1. The van der Waals surface area contributed by atoms with Gasteiger partial charge in [-0.2, -0.15) is 0 Å². The van der Waals surface area contributed by atoms with Crippen molar-refractivity contribution in [2.75, 3.05) is 50.8 Å². The number of piperidine rings is 1. The first-order valence-electron chi connectivity index (χ1n) is 8.75. The van der Waals surface area contributed by atoms with E-state index >= 15 is 0 Å². The molecule has 0 spiro atoms. The fourth-order valence-corrected chi connectivity index (χ4v) is 3.36. The lowest BCUT2D eigenvalue weighted by Gasteiger charge is -2.35. The van der Waals surface area contributed by atoms with Crippen molar-refractivity contribution in [2.45, 2.75) is 19.3 Å². The second-order valence-corrected chi connectivity index (χ2v) is 6.41. The number of carbonyl (C=O) groups is 1. The molecule has 2 aliphatic heterocycles. The van der Waals surface area contributed by atoms with Gasteiger partial charge >= 0.3 is 6.09 Å². The largest absolute Gasteiger partial charge is 0.449 e. The van der Waals surface area contributed by atoms with Gasteiger partial charge in [-0.1, -0.05) is 18.2 Å². The fourth-order valence-electron chi connectivity index (χ4n) is 3.36. The number of para-hydroxylation sites is 1. The van der Waals surface area contributed by atoms with Crippen LogP contribution in [0.2, 0.25) is 0 Å². The molecule has 3 rings (SSSR count). The van der Waals surface area contributed by atoms with Crippen molar-refractivity contribution in [3.05, 3.63) is 30.3 Å². The maximum atomic E-state index is 12.2. The zero-order valence-corrected chi connectivity index (χ0v) is 13.7. The van der Waals surface area contributed by atoms with E-state index in [1.54, 1.807) is 0 Å². The van der Waals surface area contributed by atoms with E-state index in [4.69, 9.17) is 4.74 Å².